The van der Waals surface area contributed by atoms with Crippen molar-refractivity contribution in [3.8, 4) is 11.5 Å². The lowest BCUT2D eigenvalue weighted by molar-refractivity contribution is -0.385. The Hall–Kier alpha value is -1.86. The van der Waals surface area contributed by atoms with Gasteiger partial charge in [0, 0.05) is 37.3 Å². The van der Waals surface area contributed by atoms with Gasteiger partial charge in [0.2, 0.25) is 6.79 Å². The first-order valence-electron chi connectivity index (χ1n) is 8.18. The number of benzene rings is 1. The van der Waals surface area contributed by atoms with Gasteiger partial charge in [0.25, 0.3) is 5.69 Å². The second kappa shape index (κ2) is 5.65. The molecule has 0 radical (unpaired) electrons. The molecule has 0 N–H and O–H groups in total. The number of rotatable bonds is 3. The summed E-state index contributed by atoms with van der Waals surface area (Å²) in [4.78, 5) is 16.0. The molecule has 1 aromatic rings. The summed E-state index contributed by atoms with van der Waals surface area (Å²) in [5, 5.41) is 11.4. The molecule has 2 atom stereocenters. The quantitative estimate of drug-likeness (QED) is 0.627. The van der Waals surface area contributed by atoms with E-state index in [0.29, 0.717) is 35.7 Å². The van der Waals surface area contributed by atoms with Crippen LogP contribution in [0.4, 0.5) is 5.69 Å². The standard InChI is InChI=1S/C16H21N3O4/c1-11-13-3-2-4-17(13)5-6-18(11)9-12-7-15-16(23-10-22-15)8-14(12)19(20)21/h7-8,11,13H,2-6,9-10H2,1H3/t11-,13-/m1/s1. The molecule has 0 aromatic heterocycles. The van der Waals surface area contributed by atoms with Gasteiger partial charge in [-0.2, -0.15) is 0 Å². The fraction of sp³-hybridized carbons (Fsp3) is 0.625. The molecular formula is C16H21N3O4. The summed E-state index contributed by atoms with van der Waals surface area (Å²) in [5.41, 5.74) is 0.827. The van der Waals surface area contributed by atoms with Crippen LogP contribution in [0.15, 0.2) is 12.1 Å². The molecule has 3 heterocycles. The van der Waals surface area contributed by atoms with Crippen LogP contribution >= 0.6 is 0 Å². The van der Waals surface area contributed by atoms with Crippen LogP contribution in [0.1, 0.15) is 25.3 Å². The number of hydrogen-bond donors (Lipinski definition) is 0. The topological polar surface area (TPSA) is 68.1 Å². The first-order valence-corrected chi connectivity index (χ1v) is 8.18. The number of nitrogens with zero attached hydrogens (tertiary/aromatic N) is 3. The number of ether oxygens (including phenoxy) is 2. The van der Waals surface area contributed by atoms with E-state index in [1.807, 2.05) is 0 Å². The van der Waals surface area contributed by atoms with E-state index < -0.39 is 0 Å². The van der Waals surface area contributed by atoms with Gasteiger partial charge >= 0.3 is 0 Å². The predicted molar refractivity (Wildman–Crippen MR) is 83.7 cm³/mol. The minimum atomic E-state index is -0.326. The van der Waals surface area contributed by atoms with Gasteiger partial charge in [0.05, 0.1) is 11.0 Å². The Bertz CT molecular complexity index is 636. The molecule has 3 aliphatic rings. The van der Waals surface area contributed by atoms with Crippen molar-refractivity contribution in [3.05, 3.63) is 27.8 Å². The lowest BCUT2D eigenvalue weighted by Gasteiger charge is -2.43. The molecule has 0 saturated carbocycles. The van der Waals surface area contributed by atoms with Gasteiger partial charge in [-0.15, -0.1) is 0 Å². The van der Waals surface area contributed by atoms with E-state index in [4.69, 9.17) is 9.47 Å². The molecule has 7 nitrogen and oxygen atoms in total. The third kappa shape index (κ3) is 2.53. The fourth-order valence-electron chi connectivity index (χ4n) is 4.09. The van der Waals surface area contributed by atoms with E-state index in [0.717, 1.165) is 13.1 Å². The maximum absolute atomic E-state index is 11.4. The monoisotopic (exact) mass is 319 g/mol. The number of nitro benzene ring substituents is 1. The predicted octanol–water partition coefficient (Wildman–Crippen LogP) is 1.99. The van der Waals surface area contributed by atoms with E-state index in [1.165, 1.54) is 25.5 Å². The van der Waals surface area contributed by atoms with Crippen molar-refractivity contribution < 1.29 is 14.4 Å². The van der Waals surface area contributed by atoms with E-state index in [1.54, 1.807) is 6.07 Å². The van der Waals surface area contributed by atoms with Crippen LogP contribution in [0.5, 0.6) is 11.5 Å². The highest BCUT2D eigenvalue weighted by molar-refractivity contribution is 5.55. The molecule has 0 aliphatic carbocycles. The third-order valence-corrected chi connectivity index (χ3v) is 5.37. The van der Waals surface area contributed by atoms with Crippen molar-refractivity contribution in [2.45, 2.75) is 38.4 Å². The van der Waals surface area contributed by atoms with Gasteiger partial charge in [0.15, 0.2) is 11.5 Å². The summed E-state index contributed by atoms with van der Waals surface area (Å²) in [6, 6.07) is 4.26. The van der Waals surface area contributed by atoms with Crippen LogP contribution in [0.3, 0.4) is 0 Å². The second-order valence-corrected chi connectivity index (χ2v) is 6.55. The Morgan fingerprint density at radius 1 is 1.26 bits per heavy atom. The van der Waals surface area contributed by atoms with Crippen LogP contribution in [-0.4, -0.2) is 53.2 Å². The van der Waals surface area contributed by atoms with E-state index in [2.05, 4.69) is 16.7 Å². The molecule has 23 heavy (non-hydrogen) atoms. The maximum Gasteiger partial charge on any atom is 0.277 e. The van der Waals surface area contributed by atoms with E-state index >= 15 is 0 Å². The van der Waals surface area contributed by atoms with Gasteiger partial charge in [-0.3, -0.25) is 19.9 Å². The molecule has 4 rings (SSSR count). The smallest absolute Gasteiger partial charge is 0.277 e. The highest BCUT2D eigenvalue weighted by Crippen LogP contribution is 2.39. The number of hydrogen-bond acceptors (Lipinski definition) is 6. The molecule has 1 aromatic carbocycles. The van der Waals surface area contributed by atoms with Crippen molar-refractivity contribution >= 4 is 5.69 Å². The van der Waals surface area contributed by atoms with Crippen LogP contribution in [0.25, 0.3) is 0 Å². The van der Waals surface area contributed by atoms with Crippen molar-refractivity contribution in [2.75, 3.05) is 26.4 Å². The van der Waals surface area contributed by atoms with Gasteiger partial charge in [-0.25, -0.2) is 0 Å². The largest absolute Gasteiger partial charge is 0.454 e. The van der Waals surface area contributed by atoms with Crippen LogP contribution < -0.4 is 9.47 Å². The average Bonchev–Trinajstić information content (AvgIpc) is 3.17. The molecule has 0 unspecified atom stereocenters. The molecule has 0 spiro atoms. The molecule has 124 valence electrons. The van der Waals surface area contributed by atoms with E-state index in [9.17, 15) is 10.1 Å². The first-order chi connectivity index (χ1) is 11.1. The summed E-state index contributed by atoms with van der Waals surface area (Å²) in [6.07, 6.45) is 2.48. The van der Waals surface area contributed by atoms with Crippen molar-refractivity contribution in [3.63, 3.8) is 0 Å². The Morgan fingerprint density at radius 3 is 2.83 bits per heavy atom. The zero-order valence-corrected chi connectivity index (χ0v) is 13.2. The van der Waals surface area contributed by atoms with Crippen LogP contribution in [0.2, 0.25) is 0 Å². The molecule has 0 bridgehead atoms. The Labute approximate surface area is 134 Å². The zero-order valence-electron chi connectivity index (χ0n) is 13.2. The first kappa shape index (κ1) is 14.7. The molecule has 3 aliphatic heterocycles. The molecule has 2 saturated heterocycles. The van der Waals surface area contributed by atoms with Crippen molar-refractivity contribution in [1.29, 1.82) is 0 Å². The highest BCUT2D eigenvalue weighted by atomic mass is 16.7. The zero-order chi connectivity index (χ0) is 16.0. The fourth-order valence-corrected chi connectivity index (χ4v) is 4.09. The van der Waals surface area contributed by atoms with Crippen molar-refractivity contribution in [2.24, 2.45) is 0 Å². The number of fused-ring (bicyclic) bond motifs is 2. The van der Waals surface area contributed by atoms with Gasteiger partial charge in [-0.05, 0) is 32.4 Å². The number of piperazine rings is 1. The lowest BCUT2D eigenvalue weighted by atomic mass is 10.0. The van der Waals surface area contributed by atoms with Gasteiger partial charge < -0.3 is 9.47 Å². The minimum Gasteiger partial charge on any atom is -0.454 e. The van der Waals surface area contributed by atoms with Crippen LogP contribution in [0, 0.1) is 10.1 Å². The third-order valence-electron chi connectivity index (χ3n) is 5.37. The molecule has 7 heteroatoms. The summed E-state index contributed by atoms with van der Waals surface area (Å²) in [7, 11) is 0. The molecular weight excluding hydrogens is 298 g/mol. The number of nitro groups is 1. The molecule has 2 fully saturated rings. The summed E-state index contributed by atoms with van der Waals surface area (Å²) < 4.78 is 10.7. The highest BCUT2D eigenvalue weighted by Gasteiger charge is 2.37. The summed E-state index contributed by atoms with van der Waals surface area (Å²) in [5.74, 6) is 1.08. The lowest BCUT2D eigenvalue weighted by Crippen LogP contribution is -2.55. The van der Waals surface area contributed by atoms with Crippen LogP contribution in [-0.2, 0) is 6.54 Å². The van der Waals surface area contributed by atoms with Gasteiger partial charge in [0.1, 0.15) is 0 Å². The maximum atomic E-state index is 11.4. The normalized spacial score (nSPS) is 27.2. The Balaban J connectivity index is 1.59. The van der Waals surface area contributed by atoms with Gasteiger partial charge in [-0.1, -0.05) is 0 Å². The van der Waals surface area contributed by atoms with E-state index in [-0.39, 0.29) is 17.4 Å². The average molecular weight is 319 g/mol. The second-order valence-electron chi connectivity index (χ2n) is 6.55. The minimum absolute atomic E-state index is 0.121. The molecule has 0 amide bonds. The Morgan fingerprint density at radius 2 is 2.04 bits per heavy atom. The summed E-state index contributed by atoms with van der Waals surface area (Å²) >= 11 is 0. The van der Waals surface area contributed by atoms with Crippen molar-refractivity contribution in [1.82, 2.24) is 9.80 Å². The summed E-state index contributed by atoms with van der Waals surface area (Å²) in [6.45, 7) is 6.14. The SMILES string of the molecule is C[C@@H]1[C@H]2CCCN2CCN1Cc1cc2c(cc1[N+](=O)[O-])OCO2. The Kier molecular flexibility index (Phi) is 3.61.